The van der Waals surface area contributed by atoms with Crippen LogP contribution in [0.2, 0.25) is 0 Å². The summed E-state index contributed by atoms with van der Waals surface area (Å²) >= 11 is 0. The number of nitrogens with zero attached hydrogens (tertiary/aromatic N) is 1. The Labute approximate surface area is 118 Å². The third-order valence-electron chi connectivity index (χ3n) is 4.90. The summed E-state index contributed by atoms with van der Waals surface area (Å²) in [5.74, 6) is -0.0403. The molecule has 1 heterocycles. The van der Waals surface area contributed by atoms with Gasteiger partial charge in [-0.2, -0.15) is 0 Å². The zero-order valence-corrected chi connectivity index (χ0v) is 11.7. The molecule has 0 amide bonds. The molecule has 1 aromatic carbocycles. The van der Waals surface area contributed by atoms with Crippen LogP contribution in [-0.2, 0) is 0 Å². The van der Waals surface area contributed by atoms with Crippen LogP contribution in [-0.4, -0.2) is 24.0 Å². The van der Waals surface area contributed by atoms with Crippen LogP contribution in [0.4, 0.5) is 8.78 Å². The SMILES string of the molecule is NC(CN1CCCC2CCCC21)c1cc(F)ccc1F. The Hall–Kier alpha value is -1.00. The normalized spacial score (nSPS) is 28.4. The van der Waals surface area contributed by atoms with Gasteiger partial charge in [0.15, 0.2) is 0 Å². The number of rotatable bonds is 3. The molecule has 110 valence electrons. The zero-order chi connectivity index (χ0) is 14.1. The first-order chi connectivity index (χ1) is 9.65. The van der Waals surface area contributed by atoms with Gasteiger partial charge in [-0.15, -0.1) is 0 Å². The number of piperidine rings is 1. The first-order valence-electron chi connectivity index (χ1n) is 7.59. The summed E-state index contributed by atoms with van der Waals surface area (Å²) in [6.45, 7) is 1.66. The van der Waals surface area contributed by atoms with E-state index in [0.717, 1.165) is 18.5 Å². The summed E-state index contributed by atoms with van der Waals surface area (Å²) in [5.41, 5.74) is 6.43. The van der Waals surface area contributed by atoms with Crippen LogP contribution in [0.3, 0.4) is 0 Å². The van der Waals surface area contributed by atoms with Crippen LogP contribution in [0.25, 0.3) is 0 Å². The average Bonchev–Trinajstić information content (AvgIpc) is 2.91. The van der Waals surface area contributed by atoms with E-state index in [2.05, 4.69) is 4.90 Å². The fraction of sp³-hybridized carbons (Fsp3) is 0.625. The van der Waals surface area contributed by atoms with Crippen molar-refractivity contribution in [1.29, 1.82) is 0 Å². The van der Waals surface area contributed by atoms with Crippen molar-refractivity contribution < 1.29 is 8.78 Å². The monoisotopic (exact) mass is 280 g/mol. The van der Waals surface area contributed by atoms with Gasteiger partial charge in [0.2, 0.25) is 0 Å². The molecule has 2 aliphatic rings. The highest BCUT2D eigenvalue weighted by Crippen LogP contribution is 2.37. The van der Waals surface area contributed by atoms with Gasteiger partial charge in [-0.25, -0.2) is 8.78 Å². The third-order valence-corrected chi connectivity index (χ3v) is 4.90. The number of halogens is 2. The van der Waals surface area contributed by atoms with E-state index >= 15 is 0 Å². The lowest BCUT2D eigenvalue weighted by atomic mass is 9.91. The van der Waals surface area contributed by atoms with Gasteiger partial charge in [-0.05, 0) is 56.3 Å². The molecule has 0 bridgehead atoms. The molecule has 3 atom stereocenters. The summed E-state index contributed by atoms with van der Waals surface area (Å²) in [4.78, 5) is 2.40. The number of nitrogens with two attached hydrogens (primary N) is 1. The second kappa shape index (κ2) is 5.78. The summed E-state index contributed by atoms with van der Waals surface area (Å²) in [6.07, 6.45) is 6.33. The Bertz CT molecular complexity index is 478. The molecule has 2 N–H and O–H groups in total. The predicted octanol–water partition coefficient (Wildman–Crippen LogP) is 3.23. The molecule has 2 nitrogen and oxygen atoms in total. The molecule has 4 heteroatoms. The van der Waals surface area contributed by atoms with E-state index < -0.39 is 17.7 Å². The zero-order valence-electron chi connectivity index (χ0n) is 11.7. The van der Waals surface area contributed by atoms with Crippen LogP contribution >= 0.6 is 0 Å². The second-order valence-corrected chi connectivity index (χ2v) is 6.17. The Morgan fingerprint density at radius 3 is 2.85 bits per heavy atom. The minimum atomic E-state index is -0.454. The molecule has 1 aliphatic heterocycles. The van der Waals surface area contributed by atoms with E-state index in [-0.39, 0.29) is 0 Å². The van der Waals surface area contributed by atoms with Gasteiger partial charge in [0.1, 0.15) is 11.6 Å². The van der Waals surface area contributed by atoms with Gasteiger partial charge in [0.25, 0.3) is 0 Å². The maximum absolute atomic E-state index is 13.8. The summed E-state index contributed by atoms with van der Waals surface area (Å²) < 4.78 is 27.0. The van der Waals surface area contributed by atoms with E-state index in [9.17, 15) is 8.78 Å². The van der Waals surface area contributed by atoms with E-state index in [0.29, 0.717) is 18.2 Å². The van der Waals surface area contributed by atoms with Gasteiger partial charge in [0.05, 0.1) is 0 Å². The van der Waals surface area contributed by atoms with Crippen LogP contribution in [0.15, 0.2) is 18.2 Å². The van der Waals surface area contributed by atoms with E-state index in [1.165, 1.54) is 44.2 Å². The molecule has 0 spiro atoms. The molecule has 1 saturated carbocycles. The Morgan fingerprint density at radius 1 is 1.20 bits per heavy atom. The fourth-order valence-electron chi connectivity index (χ4n) is 3.93. The van der Waals surface area contributed by atoms with E-state index in [1.54, 1.807) is 0 Å². The van der Waals surface area contributed by atoms with Crippen LogP contribution in [0.1, 0.15) is 43.7 Å². The number of hydrogen-bond donors (Lipinski definition) is 1. The topological polar surface area (TPSA) is 29.3 Å². The van der Waals surface area contributed by atoms with Crippen molar-refractivity contribution in [2.24, 2.45) is 11.7 Å². The maximum atomic E-state index is 13.8. The molecule has 1 aromatic rings. The highest BCUT2D eigenvalue weighted by molar-refractivity contribution is 5.22. The molecule has 2 fully saturated rings. The Morgan fingerprint density at radius 2 is 2.00 bits per heavy atom. The van der Waals surface area contributed by atoms with Crippen molar-refractivity contribution in [3.63, 3.8) is 0 Å². The summed E-state index contributed by atoms with van der Waals surface area (Å²) in [7, 11) is 0. The molecule has 3 rings (SSSR count). The first kappa shape index (κ1) is 14.0. The Balaban J connectivity index is 1.71. The second-order valence-electron chi connectivity index (χ2n) is 6.17. The minimum Gasteiger partial charge on any atom is -0.323 e. The van der Waals surface area contributed by atoms with Crippen LogP contribution < -0.4 is 5.73 Å². The standard InChI is InChI=1S/C16H22F2N2/c17-12-6-7-14(18)13(9-12)15(19)10-20-8-2-4-11-3-1-5-16(11)20/h6-7,9,11,15-16H,1-5,8,10,19H2. The number of likely N-dealkylation sites (tertiary alicyclic amines) is 1. The molecule has 0 aromatic heterocycles. The maximum Gasteiger partial charge on any atom is 0.128 e. The van der Waals surface area contributed by atoms with Crippen molar-refractivity contribution in [2.45, 2.75) is 44.2 Å². The highest BCUT2D eigenvalue weighted by atomic mass is 19.1. The fourth-order valence-corrected chi connectivity index (χ4v) is 3.93. The smallest absolute Gasteiger partial charge is 0.128 e. The van der Waals surface area contributed by atoms with Gasteiger partial charge < -0.3 is 5.73 Å². The lowest BCUT2D eigenvalue weighted by Gasteiger charge is -2.39. The van der Waals surface area contributed by atoms with Crippen LogP contribution in [0, 0.1) is 17.6 Å². The lowest BCUT2D eigenvalue weighted by Crippen LogP contribution is -2.45. The van der Waals surface area contributed by atoms with E-state index in [4.69, 9.17) is 5.73 Å². The van der Waals surface area contributed by atoms with Crippen molar-refractivity contribution in [3.05, 3.63) is 35.4 Å². The third kappa shape index (κ3) is 2.72. The highest BCUT2D eigenvalue weighted by Gasteiger charge is 2.35. The minimum absolute atomic E-state index is 0.296. The Kier molecular flexibility index (Phi) is 4.03. The van der Waals surface area contributed by atoms with Gasteiger partial charge in [0, 0.05) is 24.2 Å². The lowest BCUT2D eigenvalue weighted by molar-refractivity contribution is 0.106. The van der Waals surface area contributed by atoms with Crippen molar-refractivity contribution >= 4 is 0 Å². The van der Waals surface area contributed by atoms with E-state index in [1.807, 2.05) is 0 Å². The predicted molar refractivity (Wildman–Crippen MR) is 75.2 cm³/mol. The molecule has 1 saturated heterocycles. The average molecular weight is 280 g/mol. The first-order valence-corrected chi connectivity index (χ1v) is 7.59. The number of fused-ring (bicyclic) bond motifs is 1. The van der Waals surface area contributed by atoms with Gasteiger partial charge >= 0.3 is 0 Å². The molecular formula is C16H22F2N2. The molecule has 20 heavy (non-hydrogen) atoms. The number of hydrogen-bond acceptors (Lipinski definition) is 2. The quantitative estimate of drug-likeness (QED) is 0.921. The summed E-state index contributed by atoms with van der Waals surface area (Å²) in [6, 6.07) is 3.69. The van der Waals surface area contributed by atoms with Crippen molar-refractivity contribution in [1.82, 2.24) is 4.90 Å². The molecule has 0 radical (unpaired) electrons. The molecule has 3 unspecified atom stereocenters. The largest absolute Gasteiger partial charge is 0.323 e. The van der Waals surface area contributed by atoms with Crippen molar-refractivity contribution in [3.8, 4) is 0 Å². The molecular weight excluding hydrogens is 258 g/mol. The summed E-state index contributed by atoms with van der Waals surface area (Å²) in [5, 5.41) is 0. The van der Waals surface area contributed by atoms with Gasteiger partial charge in [-0.1, -0.05) is 6.42 Å². The molecule has 1 aliphatic carbocycles. The van der Waals surface area contributed by atoms with Crippen LogP contribution in [0.5, 0.6) is 0 Å². The van der Waals surface area contributed by atoms with Gasteiger partial charge in [-0.3, -0.25) is 4.90 Å². The van der Waals surface area contributed by atoms with Crippen molar-refractivity contribution in [2.75, 3.05) is 13.1 Å². The number of benzene rings is 1.